The Morgan fingerprint density at radius 3 is 3.00 bits per heavy atom. The van der Waals surface area contributed by atoms with Gasteiger partial charge in [-0.05, 0) is 25.0 Å². The van der Waals surface area contributed by atoms with Gasteiger partial charge >= 0.3 is 0 Å². The van der Waals surface area contributed by atoms with Crippen molar-refractivity contribution in [2.45, 2.75) is 18.9 Å². The van der Waals surface area contributed by atoms with Gasteiger partial charge in [0, 0.05) is 17.8 Å². The Labute approximate surface area is 105 Å². The lowest BCUT2D eigenvalue weighted by atomic mass is 10.2. The summed E-state index contributed by atoms with van der Waals surface area (Å²) >= 11 is 4.87. The van der Waals surface area contributed by atoms with Gasteiger partial charge in [-0.15, -0.1) is 0 Å². The minimum atomic E-state index is -0.0185. The van der Waals surface area contributed by atoms with E-state index in [2.05, 4.69) is 15.6 Å². The number of nitrogens with one attached hydrogen (secondary N) is 2. The average molecular weight is 250 g/mol. The number of carbonyl (C=O) groups excluding carboxylic acids is 1. The smallest absolute Gasteiger partial charge is 0.239 e. The van der Waals surface area contributed by atoms with Crippen molar-refractivity contribution in [3.8, 4) is 0 Å². The van der Waals surface area contributed by atoms with Gasteiger partial charge in [0.25, 0.3) is 0 Å². The quantitative estimate of drug-likeness (QED) is 0.659. The number of nitrogens with zero attached hydrogens (tertiary/aromatic N) is 1. The van der Waals surface area contributed by atoms with Crippen molar-refractivity contribution in [1.29, 1.82) is 0 Å². The molecule has 0 radical (unpaired) electrons. The zero-order valence-corrected chi connectivity index (χ0v) is 10.1. The zero-order valence-electron chi connectivity index (χ0n) is 9.27. The summed E-state index contributed by atoms with van der Waals surface area (Å²) in [4.78, 5) is 15.8. The molecule has 1 aliphatic carbocycles. The number of carbonyl (C=O) groups is 1. The van der Waals surface area contributed by atoms with Gasteiger partial charge < -0.3 is 16.4 Å². The van der Waals surface area contributed by atoms with Crippen LogP contribution in [0.3, 0.4) is 0 Å². The SMILES string of the molecule is NC(=S)c1ccnc(NCC(=O)NC2CC2)c1. The second kappa shape index (κ2) is 5.09. The molecule has 1 aliphatic rings. The fourth-order valence-electron chi connectivity index (χ4n) is 1.36. The van der Waals surface area contributed by atoms with Crippen molar-refractivity contribution >= 4 is 28.9 Å². The number of pyridine rings is 1. The Bertz CT molecular complexity index is 445. The van der Waals surface area contributed by atoms with Crippen LogP contribution < -0.4 is 16.4 Å². The third kappa shape index (κ3) is 3.67. The number of hydrogen-bond acceptors (Lipinski definition) is 4. The van der Waals surface area contributed by atoms with Crippen LogP contribution in [-0.2, 0) is 4.79 Å². The van der Waals surface area contributed by atoms with E-state index in [-0.39, 0.29) is 12.5 Å². The summed E-state index contributed by atoms with van der Waals surface area (Å²) in [7, 11) is 0. The van der Waals surface area contributed by atoms with E-state index >= 15 is 0 Å². The van der Waals surface area contributed by atoms with Crippen molar-refractivity contribution in [1.82, 2.24) is 10.3 Å². The number of thiocarbonyl (C=S) groups is 1. The van der Waals surface area contributed by atoms with Gasteiger partial charge in [0.2, 0.25) is 5.91 Å². The van der Waals surface area contributed by atoms with E-state index in [1.165, 1.54) is 0 Å². The van der Waals surface area contributed by atoms with Crippen LogP contribution in [0.2, 0.25) is 0 Å². The molecule has 6 heteroatoms. The number of aromatic nitrogens is 1. The molecule has 0 bridgehead atoms. The van der Waals surface area contributed by atoms with E-state index < -0.39 is 0 Å². The molecule has 1 heterocycles. The minimum Gasteiger partial charge on any atom is -0.389 e. The first-order valence-corrected chi connectivity index (χ1v) is 5.85. The molecule has 2 rings (SSSR count). The van der Waals surface area contributed by atoms with Crippen LogP contribution in [0.4, 0.5) is 5.82 Å². The third-order valence-corrected chi connectivity index (χ3v) is 2.65. The fourth-order valence-corrected chi connectivity index (χ4v) is 1.48. The normalized spacial score (nSPS) is 14.1. The van der Waals surface area contributed by atoms with Crippen LogP contribution in [0.15, 0.2) is 18.3 Å². The van der Waals surface area contributed by atoms with Crippen molar-refractivity contribution in [2.75, 3.05) is 11.9 Å². The highest BCUT2D eigenvalue weighted by Crippen LogP contribution is 2.18. The summed E-state index contributed by atoms with van der Waals surface area (Å²) in [5.74, 6) is 0.580. The Morgan fingerprint density at radius 2 is 2.35 bits per heavy atom. The summed E-state index contributed by atoms with van der Waals surface area (Å²) in [6.07, 6.45) is 3.78. The first-order chi connectivity index (χ1) is 8.15. The summed E-state index contributed by atoms with van der Waals surface area (Å²) in [5, 5.41) is 5.82. The molecule has 1 aromatic heterocycles. The molecule has 1 aromatic rings. The van der Waals surface area contributed by atoms with Crippen LogP contribution in [0, 0.1) is 0 Å². The number of hydrogen-bond donors (Lipinski definition) is 3. The van der Waals surface area contributed by atoms with Crippen molar-refractivity contribution in [2.24, 2.45) is 5.73 Å². The predicted molar refractivity (Wildman–Crippen MR) is 69.8 cm³/mol. The molecule has 1 fully saturated rings. The van der Waals surface area contributed by atoms with E-state index in [0.29, 0.717) is 16.8 Å². The molecule has 1 amide bonds. The van der Waals surface area contributed by atoms with Gasteiger partial charge in [-0.25, -0.2) is 4.98 Å². The zero-order chi connectivity index (χ0) is 12.3. The van der Waals surface area contributed by atoms with Crippen LogP contribution in [0.25, 0.3) is 0 Å². The molecule has 5 nitrogen and oxygen atoms in total. The Kier molecular flexibility index (Phi) is 3.53. The van der Waals surface area contributed by atoms with Gasteiger partial charge in [-0.1, -0.05) is 12.2 Å². The second-order valence-electron chi connectivity index (χ2n) is 3.99. The highest BCUT2D eigenvalue weighted by atomic mass is 32.1. The first-order valence-electron chi connectivity index (χ1n) is 5.44. The highest BCUT2D eigenvalue weighted by Gasteiger charge is 2.22. The van der Waals surface area contributed by atoms with Crippen LogP contribution in [0.5, 0.6) is 0 Å². The summed E-state index contributed by atoms with van der Waals surface area (Å²) in [6, 6.07) is 3.84. The lowest BCUT2D eigenvalue weighted by Gasteiger charge is -2.07. The summed E-state index contributed by atoms with van der Waals surface area (Å²) < 4.78 is 0. The van der Waals surface area contributed by atoms with Gasteiger partial charge in [0.05, 0.1) is 6.54 Å². The van der Waals surface area contributed by atoms with Gasteiger partial charge in [-0.2, -0.15) is 0 Å². The lowest BCUT2D eigenvalue weighted by molar-refractivity contribution is -0.119. The maximum atomic E-state index is 11.4. The molecular formula is C11H14N4OS. The number of anilines is 1. The molecule has 4 N–H and O–H groups in total. The topological polar surface area (TPSA) is 80.0 Å². The number of rotatable bonds is 5. The maximum Gasteiger partial charge on any atom is 0.239 e. The fraction of sp³-hybridized carbons (Fsp3) is 0.364. The third-order valence-electron chi connectivity index (χ3n) is 2.42. The molecule has 0 unspecified atom stereocenters. The van der Waals surface area contributed by atoms with Gasteiger partial charge in [-0.3, -0.25) is 4.79 Å². The molecule has 1 saturated carbocycles. The molecule has 0 spiro atoms. The first kappa shape index (κ1) is 11.8. The van der Waals surface area contributed by atoms with Crippen LogP contribution in [0.1, 0.15) is 18.4 Å². The molecule has 0 atom stereocenters. The standard InChI is InChI=1S/C11H14N4OS/c12-11(17)7-3-4-13-9(5-7)14-6-10(16)15-8-1-2-8/h3-5,8H,1-2,6H2,(H2,12,17)(H,13,14)(H,15,16). The Morgan fingerprint density at radius 1 is 1.59 bits per heavy atom. The second-order valence-corrected chi connectivity index (χ2v) is 4.43. The molecule has 90 valence electrons. The molecule has 17 heavy (non-hydrogen) atoms. The minimum absolute atomic E-state index is 0.0185. The van der Waals surface area contributed by atoms with E-state index in [1.54, 1.807) is 18.3 Å². The van der Waals surface area contributed by atoms with E-state index in [1.807, 2.05) is 0 Å². The number of amides is 1. The Hall–Kier alpha value is -1.69. The monoisotopic (exact) mass is 250 g/mol. The van der Waals surface area contributed by atoms with Crippen molar-refractivity contribution in [3.63, 3.8) is 0 Å². The van der Waals surface area contributed by atoms with Crippen molar-refractivity contribution < 1.29 is 4.79 Å². The van der Waals surface area contributed by atoms with E-state index in [4.69, 9.17) is 18.0 Å². The summed E-state index contributed by atoms with van der Waals surface area (Å²) in [5.41, 5.74) is 6.25. The molecule has 0 aromatic carbocycles. The Balaban J connectivity index is 1.87. The lowest BCUT2D eigenvalue weighted by Crippen LogP contribution is -2.31. The van der Waals surface area contributed by atoms with E-state index in [0.717, 1.165) is 18.4 Å². The van der Waals surface area contributed by atoms with Crippen molar-refractivity contribution in [3.05, 3.63) is 23.9 Å². The molecular weight excluding hydrogens is 236 g/mol. The highest BCUT2D eigenvalue weighted by molar-refractivity contribution is 7.80. The average Bonchev–Trinajstić information content (AvgIpc) is 3.11. The van der Waals surface area contributed by atoms with Gasteiger partial charge in [0.15, 0.2) is 0 Å². The molecule has 0 saturated heterocycles. The maximum absolute atomic E-state index is 11.4. The van der Waals surface area contributed by atoms with E-state index in [9.17, 15) is 4.79 Å². The number of nitrogens with two attached hydrogens (primary N) is 1. The predicted octanol–water partition coefficient (Wildman–Crippen LogP) is 0.406. The molecule has 0 aliphatic heterocycles. The largest absolute Gasteiger partial charge is 0.389 e. The summed E-state index contributed by atoms with van der Waals surface area (Å²) in [6.45, 7) is 0.213. The van der Waals surface area contributed by atoms with Gasteiger partial charge in [0.1, 0.15) is 10.8 Å². The van der Waals surface area contributed by atoms with Crippen LogP contribution >= 0.6 is 12.2 Å². The van der Waals surface area contributed by atoms with Crippen LogP contribution in [-0.4, -0.2) is 28.5 Å².